The first-order chi connectivity index (χ1) is 13.9. The highest BCUT2D eigenvalue weighted by Crippen LogP contribution is 2.39. The molecule has 162 valence electrons. The summed E-state index contributed by atoms with van der Waals surface area (Å²) in [7, 11) is 0. The van der Waals surface area contributed by atoms with E-state index < -0.39 is 35.7 Å². The molecule has 4 nitrogen and oxygen atoms in total. The summed E-state index contributed by atoms with van der Waals surface area (Å²) < 4.78 is 54.0. The molecule has 0 heterocycles. The van der Waals surface area contributed by atoms with Crippen molar-refractivity contribution in [3.8, 4) is 0 Å². The number of aryl methyl sites for hydroxylation is 1. The summed E-state index contributed by atoms with van der Waals surface area (Å²) in [6, 6.07) is 7.36. The van der Waals surface area contributed by atoms with E-state index in [9.17, 15) is 27.2 Å². The number of carboxylic acid groups (broad SMARTS) is 1. The molecule has 2 unspecified atom stereocenters. The van der Waals surface area contributed by atoms with Crippen LogP contribution in [0.1, 0.15) is 30.4 Å². The van der Waals surface area contributed by atoms with Gasteiger partial charge in [-0.3, -0.25) is 9.59 Å². The van der Waals surface area contributed by atoms with E-state index in [4.69, 9.17) is 28.3 Å². The van der Waals surface area contributed by atoms with Crippen molar-refractivity contribution in [2.45, 2.75) is 31.9 Å². The Morgan fingerprint density at radius 1 is 1.10 bits per heavy atom. The summed E-state index contributed by atoms with van der Waals surface area (Å²) in [6.07, 6.45) is -4.77. The van der Waals surface area contributed by atoms with Gasteiger partial charge in [0.1, 0.15) is 5.82 Å². The number of anilines is 1. The number of nitrogens with one attached hydrogen (secondary N) is 1. The molecule has 0 saturated heterocycles. The van der Waals surface area contributed by atoms with E-state index in [-0.39, 0.29) is 34.1 Å². The molecule has 0 radical (unpaired) electrons. The monoisotopic (exact) mass is 465 g/mol. The molecule has 0 bridgehead atoms. The molecule has 2 atom stereocenters. The number of rotatable bonds is 7. The number of halogens is 6. The number of alkyl halides is 3. The smallest absolute Gasteiger partial charge is 0.392 e. The molecule has 0 aliphatic rings. The Hall–Kier alpha value is -2.32. The van der Waals surface area contributed by atoms with E-state index in [2.05, 4.69) is 5.32 Å². The maximum atomic E-state index is 13.8. The topological polar surface area (TPSA) is 66.4 Å². The molecule has 2 aromatic rings. The van der Waals surface area contributed by atoms with Crippen molar-refractivity contribution in [3.63, 3.8) is 0 Å². The second-order valence-electron chi connectivity index (χ2n) is 6.68. The van der Waals surface area contributed by atoms with Gasteiger partial charge in [-0.2, -0.15) is 13.2 Å². The lowest BCUT2D eigenvalue weighted by molar-refractivity contribution is -0.178. The number of aliphatic carboxylic acids is 1. The zero-order chi connectivity index (χ0) is 22.6. The molecule has 0 spiro atoms. The SMILES string of the molecule is CC(C(C(=O)Nc1cc(CCC(=O)O)ccc1Cl)c1ccc(Cl)c(F)c1)C(F)(F)F. The fourth-order valence-corrected chi connectivity index (χ4v) is 3.13. The first-order valence-electron chi connectivity index (χ1n) is 8.73. The Morgan fingerprint density at radius 2 is 1.73 bits per heavy atom. The first-order valence-corrected chi connectivity index (χ1v) is 9.48. The van der Waals surface area contributed by atoms with Crippen LogP contribution < -0.4 is 5.32 Å². The van der Waals surface area contributed by atoms with Gasteiger partial charge in [-0.25, -0.2) is 4.39 Å². The van der Waals surface area contributed by atoms with Gasteiger partial charge >= 0.3 is 12.1 Å². The normalized spacial score (nSPS) is 13.6. The fourth-order valence-electron chi connectivity index (χ4n) is 2.85. The third-order valence-electron chi connectivity index (χ3n) is 4.52. The quantitative estimate of drug-likeness (QED) is 0.487. The van der Waals surface area contributed by atoms with Crippen LogP contribution in [0.2, 0.25) is 10.0 Å². The highest BCUT2D eigenvalue weighted by Gasteiger charge is 2.45. The van der Waals surface area contributed by atoms with Crippen molar-refractivity contribution in [3.05, 3.63) is 63.4 Å². The van der Waals surface area contributed by atoms with Crippen LogP contribution in [0.25, 0.3) is 0 Å². The number of carbonyl (C=O) groups is 2. The van der Waals surface area contributed by atoms with Crippen LogP contribution >= 0.6 is 23.2 Å². The molecule has 2 N–H and O–H groups in total. The number of carbonyl (C=O) groups excluding carboxylic acids is 1. The average molecular weight is 466 g/mol. The third kappa shape index (κ3) is 6.09. The molecule has 2 rings (SSSR count). The summed E-state index contributed by atoms with van der Waals surface area (Å²) in [5, 5.41) is 10.9. The standard InChI is InChI=1S/C20H17Cl2F4NO3/c1-10(20(24,25)26)18(12-4-6-13(21)15(23)9-12)19(30)27-16-8-11(2-5-14(16)22)3-7-17(28)29/h2,4-6,8-10,18H,3,7H2,1H3,(H,27,30)(H,28,29). The number of hydrogen-bond acceptors (Lipinski definition) is 2. The van der Waals surface area contributed by atoms with Crippen LogP contribution in [-0.2, 0) is 16.0 Å². The average Bonchev–Trinajstić information content (AvgIpc) is 2.64. The van der Waals surface area contributed by atoms with Crippen molar-refractivity contribution in [2.24, 2.45) is 5.92 Å². The van der Waals surface area contributed by atoms with Gasteiger partial charge in [0.2, 0.25) is 5.91 Å². The molecule has 2 aromatic carbocycles. The van der Waals surface area contributed by atoms with Gasteiger partial charge in [-0.05, 0) is 41.8 Å². The molecule has 30 heavy (non-hydrogen) atoms. The molecule has 10 heteroatoms. The molecule has 0 aliphatic heterocycles. The van der Waals surface area contributed by atoms with Crippen molar-refractivity contribution in [2.75, 3.05) is 5.32 Å². The maximum Gasteiger partial charge on any atom is 0.392 e. The van der Waals surface area contributed by atoms with Crippen LogP contribution in [0.3, 0.4) is 0 Å². The highest BCUT2D eigenvalue weighted by atomic mass is 35.5. The zero-order valence-corrected chi connectivity index (χ0v) is 17.1. The zero-order valence-electron chi connectivity index (χ0n) is 15.6. The van der Waals surface area contributed by atoms with Crippen LogP contribution in [0, 0.1) is 11.7 Å². The van der Waals surface area contributed by atoms with Crippen LogP contribution in [0.15, 0.2) is 36.4 Å². The van der Waals surface area contributed by atoms with Gasteiger partial charge in [0.25, 0.3) is 0 Å². The van der Waals surface area contributed by atoms with E-state index in [1.165, 1.54) is 12.1 Å². The minimum Gasteiger partial charge on any atom is -0.481 e. The maximum absolute atomic E-state index is 13.8. The number of carboxylic acids is 1. The third-order valence-corrected chi connectivity index (χ3v) is 5.15. The summed E-state index contributed by atoms with van der Waals surface area (Å²) in [4.78, 5) is 23.5. The summed E-state index contributed by atoms with van der Waals surface area (Å²) >= 11 is 11.6. The van der Waals surface area contributed by atoms with Crippen molar-refractivity contribution >= 4 is 40.8 Å². The highest BCUT2D eigenvalue weighted by molar-refractivity contribution is 6.33. The molecular formula is C20H17Cl2F4NO3. The summed E-state index contributed by atoms with van der Waals surface area (Å²) in [6.45, 7) is 0.821. The van der Waals surface area contributed by atoms with E-state index in [1.807, 2.05) is 0 Å². The molecular weight excluding hydrogens is 449 g/mol. The van der Waals surface area contributed by atoms with Crippen LogP contribution in [0.4, 0.5) is 23.2 Å². The second kappa shape index (κ2) is 9.66. The van der Waals surface area contributed by atoms with Crippen molar-refractivity contribution < 1.29 is 32.3 Å². The Labute approximate surface area is 179 Å². The lowest BCUT2D eigenvalue weighted by atomic mass is 9.85. The minimum absolute atomic E-state index is 0.0263. The van der Waals surface area contributed by atoms with E-state index in [1.54, 1.807) is 6.07 Å². The number of hydrogen-bond donors (Lipinski definition) is 2. The summed E-state index contributed by atoms with van der Waals surface area (Å²) in [5.41, 5.74) is 0.353. The van der Waals surface area contributed by atoms with Gasteiger partial charge in [0, 0.05) is 6.42 Å². The van der Waals surface area contributed by atoms with Crippen LogP contribution in [0.5, 0.6) is 0 Å². The molecule has 0 aromatic heterocycles. The van der Waals surface area contributed by atoms with E-state index in [0.29, 0.717) is 5.56 Å². The predicted octanol–water partition coefficient (Wildman–Crippen LogP) is 6.07. The Bertz CT molecular complexity index is 950. The Balaban J connectivity index is 2.38. The molecule has 1 amide bonds. The predicted molar refractivity (Wildman–Crippen MR) is 105 cm³/mol. The molecule has 0 aliphatic carbocycles. The van der Waals surface area contributed by atoms with E-state index >= 15 is 0 Å². The molecule has 0 saturated carbocycles. The van der Waals surface area contributed by atoms with Gasteiger partial charge in [0.05, 0.1) is 27.6 Å². The van der Waals surface area contributed by atoms with Gasteiger partial charge < -0.3 is 10.4 Å². The Kier molecular flexibility index (Phi) is 7.71. The summed E-state index contributed by atoms with van der Waals surface area (Å²) in [5.74, 6) is -6.92. The fraction of sp³-hybridized carbons (Fsp3) is 0.300. The van der Waals surface area contributed by atoms with Gasteiger partial charge in [-0.15, -0.1) is 0 Å². The van der Waals surface area contributed by atoms with Gasteiger partial charge in [-0.1, -0.05) is 42.3 Å². The molecule has 0 fully saturated rings. The number of amides is 1. The second-order valence-corrected chi connectivity index (χ2v) is 7.49. The van der Waals surface area contributed by atoms with Crippen molar-refractivity contribution in [1.29, 1.82) is 0 Å². The first kappa shape index (κ1) is 24.0. The minimum atomic E-state index is -4.73. The number of benzene rings is 2. The lowest BCUT2D eigenvalue weighted by Crippen LogP contribution is -2.34. The van der Waals surface area contributed by atoms with E-state index in [0.717, 1.165) is 25.1 Å². The lowest BCUT2D eigenvalue weighted by Gasteiger charge is -2.26. The van der Waals surface area contributed by atoms with Crippen molar-refractivity contribution in [1.82, 2.24) is 0 Å². The van der Waals surface area contributed by atoms with Gasteiger partial charge in [0.15, 0.2) is 0 Å². The van der Waals surface area contributed by atoms with Crippen LogP contribution in [-0.4, -0.2) is 23.2 Å². The largest absolute Gasteiger partial charge is 0.481 e. The Morgan fingerprint density at radius 3 is 2.30 bits per heavy atom.